The molecule has 37 heavy (non-hydrogen) atoms. The van der Waals surface area contributed by atoms with Crippen molar-refractivity contribution >= 4 is 40.2 Å². The van der Waals surface area contributed by atoms with Gasteiger partial charge in [-0.25, -0.2) is 0 Å². The van der Waals surface area contributed by atoms with Crippen molar-refractivity contribution in [2.24, 2.45) is 0 Å². The van der Waals surface area contributed by atoms with Crippen molar-refractivity contribution in [3.05, 3.63) is 62.6 Å². The van der Waals surface area contributed by atoms with E-state index in [2.05, 4.69) is 54.0 Å². The molecule has 2 aliphatic rings. The van der Waals surface area contributed by atoms with Gasteiger partial charge in [-0.2, -0.15) is 0 Å². The highest BCUT2D eigenvalue weighted by atomic mass is 35.5. The van der Waals surface area contributed by atoms with E-state index in [4.69, 9.17) is 16.3 Å². The lowest BCUT2D eigenvalue weighted by molar-refractivity contribution is 0.0135. The van der Waals surface area contributed by atoms with Gasteiger partial charge in [0.15, 0.2) is 0 Å². The molecular formula is C29H36ClN3O2S2. The van der Waals surface area contributed by atoms with Crippen molar-refractivity contribution in [3.8, 4) is 16.2 Å². The molecule has 0 spiro atoms. The summed E-state index contributed by atoms with van der Waals surface area (Å²) >= 11 is 9.23. The van der Waals surface area contributed by atoms with Crippen molar-refractivity contribution in [2.45, 2.75) is 51.7 Å². The number of hydrogen-bond donors (Lipinski definition) is 0. The highest BCUT2D eigenvalue weighted by Gasteiger charge is 2.34. The molecule has 2 aliphatic heterocycles. The van der Waals surface area contributed by atoms with Crippen LogP contribution in [-0.2, 0) is 0 Å². The lowest BCUT2D eigenvalue weighted by Crippen LogP contribution is -2.57. The zero-order chi connectivity index (χ0) is 25.9. The SMILES string of the molecule is CCOc1ccsc1C(=O)N1CCC(N2CCN([C@@H](C)c3ccc(-c4ccc(Cl)s4)cc3)[C@H](C)C2)CC1. The Morgan fingerprint density at radius 1 is 1.08 bits per heavy atom. The predicted molar refractivity (Wildman–Crippen MR) is 155 cm³/mol. The third-order valence-corrected chi connectivity index (χ3v) is 10.0. The first-order chi connectivity index (χ1) is 17.9. The Balaban J connectivity index is 1.14. The molecule has 5 rings (SSSR count). The molecule has 0 bridgehead atoms. The van der Waals surface area contributed by atoms with Gasteiger partial charge in [0, 0.05) is 55.7 Å². The van der Waals surface area contributed by atoms with Crippen LogP contribution in [0.5, 0.6) is 5.75 Å². The minimum atomic E-state index is 0.122. The van der Waals surface area contributed by atoms with Crippen LogP contribution in [0.4, 0.5) is 0 Å². The second kappa shape index (κ2) is 11.9. The van der Waals surface area contributed by atoms with Gasteiger partial charge in [-0.1, -0.05) is 35.9 Å². The highest BCUT2D eigenvalue weighted by molar-refractivity contribution is 7.19. The number of piperazine rings is 1. The zero-order valence-electron chi connectivity index (χ0n) is 21.9. The van der Waals surface area contributed by atoms with Gasteiger partial charge in [-0.05, 0) is 68.3 Å². The Morgan fingerprint density at radius 3 is 2.49 bits per heavy atom. The molecule has 198 valence electrons. The van der Waals surface area contributed by atoms with E-state index in [-0.39, 0.29) is 5.91 Å². The standard InChI is InChI=1S/C29H36ClN3O2S2/c1-4-35-25-13-18-36-28(25)29(34)31-14-11-24(12-15-31)32-16-17-33(20(2)19-32)21(3)22-5-7-23(8-6-22)26-9-10-27(30)37-26/h5-10,13,18,20-21,24H,4,11-12,14-17,19H2,1-3H3/t20-,21+/m1/s1. The third-order valence-electron chi connectivity index (χ3n) is 7.85. The Hall–Kier alpha value is -1.90. The van der Waals surface area contributed by atoms with E-state index in [1.807, 2.05) is 29.3 Å². The van der Waals surface area contributed by atoms with Crippen LogP contribution in [0.3, 0.4) is 0 Å². The summed E-state index contributed by atoms with van der Waals surface area (Å²) in [5, 5.41) is 1.95. The number of ether oxygens (including phenoxy) is 1. The Kier molecular flexibility index (Phi) is 8.57. The van der Waals surface area contributed by atoms with E-state index >= 15 is 0 Å². The van der Waals surface area contributed by atoms with E-state index < -0.39 is 0 Å². The first-order valence-corrected chi connectivity index (χ1v) is 15.4. The third kappa shape index (κ3) is 5.91. The number of amides is 1. The monoisotopic (exact) mass is 557 g/mol. The highest BCUT2D eigenvalue weighted by Crippen LogP contribution is 2.33. The van der Waals surface area contributed by atoms with Crippen LogP contribution in [0.2, 0.25) is 4.34 Å². The fourth-order valence-corrected chi connectivity index (χ4v) is 7.64. The molecule has 2 saturated heterocycles. The summed E-state index contributed by atoms with van der Waals surface area (Å²) < 4.78 is 6.48. The topological polar surface area (TPSA) is 36.0 Å². The molecule has 5 nitrogen and oxygen atoms in total. The number of hydrogen-bond acceptors (Lipinski definition) is 6. The largest absolute Gasteiger partial charge is 0.492 e. The number of nitrogens with zero attached hydrogens (tertiary/aromatic N) is 3. The summed E-state index contributed by atoms with van der Waals surface area (Å²) in [5.41, 5.74) is 2.59. The molecule has 2 fully saturated rings. The maximum absolute atomic E-state index is 13.1. The van der Waals surface area contributed by atoms with Gasteiger partial charge >= 0.3 is 0 Å². The maximum Gasteiger partial charge on any atom is 0.267 e. The number of halogens is 1. The minimum absolute atomic E-state index is 0.122. The predicted octanol–water partition coefficient (Wildman–Crippen LogP) is 6.90. The number of likely N-dealkylation sites (tertiary alicyclic amines) is 1. The van der Waals surface area contributed by atoms with Gasteiger partial charge in [-0.3, -0.25) is 14.6 Å². The maximum atomic E-state index is 13.1. The number of carbonyl (C=O) groups is 1. The van der Waals surface area contributed by atoms with Crippen LogP contribution in [0.25, 0.3) is 10.4 Å². The second-order valence-corrected chi connectivity index (χ2v) is 12.7. The molecule has 0 radical (unpaired) electrons. The van der Waals surface area contributed by atoms with Crippen molar-refractivity contribution in [1.29, 1.82) is 0 Å². The molecule has 0 N–H and O–H groups in total. The summed E-state index contributed by atoms with van der Waals surface area (Å²) in [6, 6.07) is 16.3. The first-order valence-electron chi connectivity index (χ1n) is 13.3. The van der Waals surface area contributed by atoms with Crippen molar-refractivity contribution in [2.75, 3.05) is 39.3 Å². The molecule has 0 aliphatic carbocycles. The lowest BCUT2D eigenvalue weighted by Gasteiger charge is -2.47. The molecular weight excluding hydrogens is 522 g/mol. The number of carbonyl (C=O) groups excluding carboxylic acids is 1. The number of rotatable bonds is 7. The molecule has 1 aromatic carbocycles. The summed E-state index contributed by atoms with van der Waals surface area (Å²) in [4.78, 5) is 22.3. The summed E-state index contributed by atoms with van der Waals surface area (Å²) in [5.74, 6) is 0.848. The van der Waals surface area contributed by atoms with Crippen LogP contribution in [0.15, 0.2) is 47.8 Å². The zero-order valence-corrected chi connectivity index (χ0v) is 24.2. The van der Waals surface area contributed by atoms with E-state index in [1.165, 1.54) is 27.3 Å². The molecule has 0 saturated carbocycles. The molecule has 8 heteroatoms. The molecule has 0 unspecified atom stereocenters. The van der Waals surface area contributed by atoms with E-state index in [9.17, 15) is 4.79 Å². The first kappa shape index (κ1) is 26.7. The number of benzene rings is 1. The van der Waals surface area contributed by atoms with Crippen LogP contribution in [0.1, 0.15) is 54.9 Å². The van der Waals surface area contributed by atoms with Crippen LogP contribution in [0, 0.1) is 0 Å². The fraction of sp³-hybridized carbons (Fsp3) is 0.483. The minimum Gasteiger partial charge on any atom is -0.492 e. The number of piperidine rings is 1. The van der Waals surface area contributed by atoms with Crippen molar-refractivity contribution in [3.63, 3.8) is 0 Å². The normalized spacial score (nSPS) is 20.8. The van der Waals surface area contributed by atoms with Gasteiger partial charge in [0.05, 0.1) is 10.9 Å². The smallest absolute Gasteiger partial charge is 0.267 e. The van der Waals surface area contributed by atoms with Gasteiger partial charge in [-0.15, -0.1) is 22.7 Å². The van der Waals surface area contributed by atoms with Crippen LogP contribution >= 0.6 is 34.3 Å². The molecule has 1 amide bonds. The molecule has 3 aromatic rings. The van der Waals surface area contributed by atoms with E-state index in [0.717, 1.165) is 60.5 Å². The second-order valence-electron chi connectivity index (χ2n) is 10.1. The fourth-order valence-electron chi connectivity index (χ4n) is 5.79. The molecule has 4 heterocycles. The summed E-state index contributed by atoms with van der Waals surface area (Å²) in [6.45, 7) is 12.1. The Bertz CT molecular complexity index is 1190. The van der Waals surface area contributed by atoms with Gasteiger partial charge < -0.3 is 9.64 Å². The van der Waals surface area contributed by atoms with Crippen LogP contribution < -0.4 is 4.74 Å². The van der Waals surface area contributed by atoms with Crippen molar-refractivity contribution < 1.29 is 9.53 Å². The lowest BCUT2D eigenvalue weighted by atomic mass is 9.98. The van der Waals surface area contributed by atoms with Gasteiger partial charge in [0.1, 0.15) is 10.6 Å². The summed E-state index contributed by atoms with van der Waals surface area (Å²) in [7, 11) is 0. The van der Waals surface area contributed by atoms with Crippen LogP contribution in [-0.4, -0.2) is 72.0 Å². The summed E-state index contributed by atoms with van der Waals surface area (Å²) in [6.07, 6.45) is 2.08. The molecule has 2 atom stereocenters. The van der Waals surface area contributed by atoms with E-state index in [0.29, 0.717) is 24.7 Å². The van der Waals surface area contributed by atoms with Gasteiger partial charge in [0.2, 0.25) is 0 Å². The molecule has 2 aromatic heterocycles. The quantitative estimate of drug-likeness (QED) is 0.316. The average molecular weight is 558 g/mol. The number of thiophene rings is 2. The van der Waals surface area contributed by atoms with Gasteiger partial charge in [0.25, 0.3) is 5.91 Å². The average Bonchev–Trinajstić information content (AvgIpc) is 3.57. The Labute approximate surface area is 233 Å². The van der Waals surface area contributed by atoms with Crippen molar-refractivity contribution in [1.82, 2.24) is 14.7 Å². The Morgan fingerprint density at radius 2 is 1.84 bits per heavy atom. The van der Waals surface area contributed by atoms with E-state index in [1.54, 1.807) is 11.3 Å².